The van der Waals surface area contributed by atoms with Gasteiger partial charge in [0, 0.05) is 11.4 Å². The van der Waals surface area contributed by atoms with E-state index in [9.17, 15) is 0 Å². The molecule has 4 heteroatoms. The van der Waals surface area contributed by atoms with E-state index in [-0.39, 0.29) is 6.29 Å². The molecule has 1 aliphatic rings. The first-order valence-corrected chi connectivity index (χ1v) is 5.75. The Morgan fingerprint density at radius 2 is 2.12 bits per heavy atom. The summed E-state index contributed by atoms with van der Waals surface area (Å²) in [6, 6.07) is 5.64. The first-order chi connectivity index (χ1) is 7.75. The predicted molar refractivity (Wildman–Crippen MR) is 62.0 cm³/mol. The van der Waals surface area contributed by atoms with E-state index < -0.39 is 0 Å². The summed E-state index contributed by atoms with van der Waals surface area (Å²) < 4.78 is 16.2. The Morgan fingerprint density at radius 1 is 1.38 bits per heavy atom. The van der Waals surface area contributed by atoms with Crippen LogP contribution in [0.2, 0.25) is 5.02 Å². The number of aryl methyl sites for hydroxylation is 1. The van der Waals surface area contributed by atoms with Crippen LogP contribution in [-0.2, 0) is 9.47 Å². The van der Waals surface area contributed by atoms with Crippen molar-refractivity contribution in [2.45, 2.75) is 19.6 Å². The average molecular weight is 243 g/mol. The molecule has 1 aromatic carbocycles. The van der Waals surface area contributed by atoms with Crippen LogP contribution in [0.15, 0.2) is 18.2 Å². The van der Waals surface area contributed by atoms with Crippen molar-refractivity contribution in [3.8, 4) is 5.75 Å². The van der Waals surface area contributed by atoms with Crippen LogP contribution in [0.1, 0.15) is 12.0 Å². The van der Waals surface area contributed by atoms with Crippen LogP contribution in [0.5, 0.6) is 5.75 Å². The van der Waals surface area contributed by atoms with Gasteiger partial charge >= 0.3 is 0 Å². The van der Waals surface area contributed by atoms with Gasteiger partial charge in [-0.15, -0.1) is 0 Å². The SMILES string of the molecule is Cc1cc(OCCC2OCCO2)ccc1Cl. The van der Waals surface area contributed by atoms with Crippen molar-refractivity contribution in [2.75, 3.05) is 19.8 Å². The summed E-state index contributed by atoms with van der Waals surface area (Å²) in [4.78, 5) is 0. The molecule has 0 atom stereocenters. The van der Waals surface area contributed by atoms with Gasteiger partial charge in [0.05, 0.1) is 19.8 Å². The quantitative estimate of drug-likeness (QED) is 0.813. The third-order valence-corrected chi connectivity index (χ3v) is 2.87. The molecule has 0 bridgehead atoms. The lowest BCUT2D eigenvalue weighted by atomic mass is 10.2. The molecule has 16 heavy (non-hydrogen) atoms. The summed E-state index contributed by atoms with van der Waals surface area (Å²) in [7, 11) is 0. The summed E-state index contributed by atoms with van der Waals surface area (Å²) in [5.74, 6) is 0.833. The Labute approximate surface area is 100 Å². The first-order valence-electron chi connectivity index (χ1n) is 5.38. The molecule has 1 fully saturated rings. The van der Waals surface area contributed by atoms with Gasteiger partial charge in [0.1, 0.15) is 5.75 Å². The van der Waals surface area contributed by atoms with Crippen molar-refractivity contribution in [3.63, 3.8) is 0 Å². The maximum absolute atomic E-state index is 5.92. The zero-order chi connectivity index (χ0) is 11.4. The molecule has 1 heterocycles. The molecule has 0 radical (unpaired) electrons. The second-order valence-electron chi connectivity index (χ2n) is 3.72. The fraction of sp³-hybridized carbons (Fsp3) is 0.500. The van der Waals surface area contributed by atoms with E-state index in [0.29, 0.717) is 19.8 Å². The highest BCUT2D eigenvalue weighted by Crippen LogP contribution is 2.21. The predicted octanol–water partition coefficient (Wildman–Crippen LogP) is 2.79. The van der Waals surface area contributed by atoms with E-state index >= 15 is 0 Å². The standard InChI is InChI=1S/C12H15ClO3/c1-9-8-10(2-3-11(9)13)14-5-4-12-15-6-7-16-12/h2-3,8,12H,4-7H2,1H3. The first kappa shape index (κ1) is 11.7. The minimum atomic E-state index is -0.103. The Hall–Kier alpha value is -0.770. The lowest BCUT2D eigenvalue weighted by Crippen LogP contribution is -2.12. The van der Waals surface area contributed by atoms with Gasteiger partial charge in [-0.25, -0.2) is 0 Å². The summed E-state index contributed by atoms with van der Waals surface area (Å²) in [6.07, 6.45) is 0.648. The molecule has 3 nitrogen and oxygen atoms in total. The van der Waals surface area contributed by atoms with E-state index in [1.54, 1.807) is 0 Å². The molecule has 0 unspecified atom stereocenters. The van der Waals surface area contributed by atoms with Gasteiger partial charge in [-0.2, -0.15) is 0 Å². The number of benzene rings is 1. The van der Waals surface area contributed by atoms with E-state index in [0.717, 1.165) is 22.8 Å². The van der Waals surface area contributed by atoms with Crippen LogP contribution in [-0.4, -0.2) is 26.1 Å². The number of rotatable bonds is 4. The normalized spacial score (nSPS) is 16.6. The maximum Gasteiger partial charge on any atom is 0.161 e. The fourth-order valence-corrected chi connectivity index (χ4v) is 1.67. The van der Waals surface area contributed by atoms with E-state index in [2.05, 4.69) is 0 Å². The largest absolute Gasteiger partial charge is 0.493 e. The number of hydrogen-bond donors (Lipinski definition) is 0. The monoisotopic (exact) mass is 242 g/mol. The molecule has 1 saturated heterocycles. The maximum atomic E-state index is 5.92. The highest BCUT2D eigenvalue weighted by Gasteiger charge is 2.15. The van der Waals surface area contributed by atoms with Gasteiger partial charge in [0.2, 0.25) is 0 Å². The van der Waals surface area contributed by atoms with Crippen LogP contribution in [0.4, 0.5) is 0 Å². The second-order valence-corrected chi connectivity index (χ2v) is 4.13. The Balaban J connectivity index is 1.78. The molecule has 88 valence electrons. The highest BCUT2D eigenvalue weighted by molar-refractivity contribution is 6.31. The minimum absolute atomic E-state index is 0.103. The molecule has 0 aliphatic carbocycles. The molecule has 0 aromatic heterocycles. The van der Waals surface area contributed by atoms with Crippen LogP contribution < -0.4 is 4.74 Å². The lowest BCUT2D eigenvalue weighted by Gasteiger charge is -2.10. The smallest absolute Gasteiger partial charge is 0.161 e. The average Bonchev–Trinajstić information content (AvgIpc) is 2.76. The fourth-order valence-electron chi connectivity index (χ4n) is 1.55. The number of ether oxygens (including phenoxy) is 3. The number of halogens is 1. The van der Waals surface area contributed by atoms with Crippen molar-refractivity contribution >= 4 is 11.6 Å². The summed E-state index contributed by atoms with van der Waals surface area (Å²) in [5.41, 5.74) is 1.02. The van der Waals surface area contributed by atoms with Crippen LogP contribution in [0.3, 0.4) is 0 Å². The van der Waals surface area contributed by atoms with E-state index in [1.807, 2.05) is 25.1 Å². The molecule has 0 N–H and O–H groups in total. The van der Waals surface area contributed by atoms with Crippen molar-refractivity contribution in [1.29, 1.82) is 0 Å². The summed E-state index contributed by atoms with van der Waals surface area (Å²) >= 11 is 5.92. The summed E-state index contributed by atoms with van der Waals surface area (Å²) in [5, 5.41) is 0.759. The Kier molecular flexibility index (Phi) is 4.04. The van der Waals surface area contributed by atoms with Gasteiger partial charge in [0.15, 0.2) is 6.29 Å². The van der Waals surface area contributed by atoms with E-state index in [4.69, 9.17) is 25.8 Å². The van der Waals surface area contributed by atoms with Gasteiger partial charge in [-0.05, 0) is 30.7 Å². The molecule has 0 spiro atoms. The molecule has 0 amide bonds. The molecule has 1 aliphatic heterocycles. The number of hydrogen-bond acceptors (Lipinski definition) is 3. The van der Waals surface area contributed by atoms with Crippen molar-refractivity contribution in [2.24, 2.45) is 0 Å². The second kappa shape index (κ2) is 5.53. The molecule has 0 saturated carbocycles. The highest BCUT2D eigenvalue weighted by atomic mass is 35.5. The van der Waals surface area contributed by atoms with Gasteiger partial charge < -0.3 is 14.2 Å². The van der Waals surface area contributed by atoms with Crippen molar-refractivity contribution in [3.05, 3.63) is 28.8 Å². The van der Waals surface area contributed by atoms with Crippen molar-refractivity contribution in [1.82, 2.24) is 0 Å². The van der Waals surface area contributed by atoms with E-state index in [1.165, 1.54) is 0 Å². The molecule has 1 aromatic rings. The zero-order valence-electron chi connectivity index (χ0n) is 9.24. The molecule has 2 rings (SSSR count). The van der Waals surface area contributed by atoms with Gasteiger partial charge in [0.25, 0.3) is 0 Å². The molecular formula is C12H15ClO3. The molecular weight excluding hydrogens is 228 g/mol. The van der Waals surface area contributed by atoms with Crippen LogP contribution >= 0.6 is 11.6 Å². The summed E-state index contributed by atoms with van der Waals surface area (Å²) in [6.45, 7) is 3.92. The van der Waals surface area contributed by atoms with Gasteiger partial charge in [-0.3, -0.25) is 0 Å². The third kappa shape index (κ3) is 3.11. The third-order valence-electron chi connectivity index (χ3n) is 2.44. The van der Waals surface area contributed by atoms with Gasteiger partial charge in [-0.1, -0.05) is 11.6 Å². The Bertz CT molecular complexity index is 348. The van der Waals surface area contributed by atoms with Crippen LogP contribution in [0.25, 0.3) is 0 Å². The topological polar surface area (TPSA) is 27.7 Å². The van der Waals surface area contributed by atoms with Crippen LogP contribution in [0, 0.1) is 6.92 Å². The zero-order valence-corrected chi connectivity index (χ0v) is 10.00. The minimum Gasteiger partial charge on any atom is -0.493 e. The van der Waals surface area contributed by atoms with Crippen molar-refractivity contribution < 1.29 is 14.2 Å². The Morgan fingerprint density at radius 3 is 2.81 bits per heavy atom. The lowest BCUT2D eigenvalue weighted by molar-refractivity contribution is -0.0531.